The van der Waals surface area contributed by atoms with E-state index in [-0.39, 0.29) is 29.9 Å². The highest BCUT2D eigenvalue weighted by Crippen LogP contribution is 2.15. The standard InChI is InChI=1S/C33H50NO2.HI/c1-3-4-5-6-7-8-9-10-11-12-13-14-15-16-17-18-27-34-28-25-32(26-29-34)20-19-31-21-23-33(24-22-31)36-30(2)35;/h19-26,28-29H,3-18,27H2,1-2H3;1H/q+1;/p-1. The van der Waals surface area contributed by atoms with Crippen LogP contribution in [0.3, 0.4) is 0 Å². The second kappa shape index (κ2) is 22.3. The summed E-state index contributed by atoms with van der Waals surface area (Å²) in [6, 6.07) is 11.9. The van der Waals surface area contributed by atoms with Crippen LogP contribution < -0.4 is 33.3 Å². The lowest BCUT2D eigenvalue weighted by Gasteiger charge is -2.03. The number of pyridine rings is 1. The molecule has 1 aromatic heterocycles. The van der Waals surface area contributed by atoms with Gasteiger partial charge in [0.25, 0.3) is 0 Å². The monoisotopic (exact) mass is 619 g/mol. The molecule has 0 atom stereocenters. The Kier molecular flexibility index (Phi) is 20.1. The third kappa shape index (κ3) is 17.4. The summed E-state index contributed by atoms with van der Waals surface area (Å²) in [5.74, 6) is 0.282. The molecule has 0 aliphatic carbocycles. The Labute approximate surface area is 244 Å². The first-order chi connectivity index (χ1) is 17.7. The molecule has 0 radical (unpaired) electrons. The Balaban J connectivity index is 0.00000684. The van der Waals surface area contributed by atoms with Crippen molar-refractivity contribution in [1.82, 2.24) is 0 Å². The van der Waals surface area contributed by atoms with Crippen LogP contribution in [0.5, 0.6) is 5.75 Å². The first-order valence-corrected chi connectivity index (χ1v) is 14.6. The predicted octanol–water partition coefficient (Wildman–Crippen LogP) is 6.34. The van der Waals surface area contributed by atoms with Crippen molar-refractivity contribution in [3.63, 3.8) is 0 Å². The number of hydrogen-bond donors (Lipinski definition) is 0. The van der Waals surface area contributed by atoms with E-state index in [0.717, 1.165) is 12.1 Å². The predicted molar refractivity (Wildman–Crippen MR) is 153 cm³/mol. The Morgan fingerprint density at radius 3 is 1.49 bits per heavy atom. The molecule has 4 heteroatoms. The summed E-state index contributed by atoms with van der Waals surface area (Å²) in [6.07, 6.45) is 31.1. The van der Waals surface area contributed by atoms with Crippen molar-refractivity contribution in [2.75, 3.05) is 0 Å². The van der Waals surface area contributed by atoms with Crippen molar-refractivity contribution in [3.8, 4) is 5.75 Å². The van der Waals surface area contributed by atoms with Crippen LogP contribution in [0, 0.1) is 0 Å². The third-order valence-corrected chi connectivity index (χ3v) is 6.80. The molecule has 3 nitrogen and oxygen atoms in total. The fraction of sp³-hybridized carbons (Fsp3) is 0.576. The van der Waals surface area contributed by atoms with Gasteiger partial charge in [-0.3, -0.25) is 4.79 Å². The fourth-order valence-electron chi connectivity index (χ4n) is 4.58. The molecular weight excluding hydrogens is 569 g/mol. The van der Waals surface area contributed by atoms with E-state index in [4.69, 9.17) is 4.74 Å². The first-order valence-electron chi connectivity index (χ1n) is 14.6. The van der Waals surface area contributed by atoms with Crippen LogP contribution in [0.2, 0.25) is 0 Å². The van der Waals surface area contributed by atoms with Gasteiger partial charge in [0.05, 0.1) is 0 Å². The minimum Gasteiger partial charge on any atom is -1.00 e. The fourth-order valence-corrected chi connectivity index (χ4v) is 4.58. The average Bonchev–Trinajstić information content (AvgIpc) is 2.88. The van der Waals surface area contributed by atoms with Crippen molar-refractivity contribution in [2.45, 2.75) is 123 Å². The van der Waals surface area contributed by atoms with Crippen molar-refractivity contribution < 1.29 is 38.1 Å². The van der Waals surface area contributed by atoms with Gasteiger partial charge < -0.3 is 28.7 Å². The van der Waals surface area contributed by atoms with Gasteiger partial charge in [-0.2, -0.15) is 0 Å². The van der Waals surface area contributed by atoms with Gasteiger partial charge in [0.15, 0.2) is 12.4 Å². The lowest BCUT2D eigenvalue weighted by atomic mass is 10.0. The van der Waals surface area contributed by atoms with E-state index in [1.165, 1.54) is 115 Å². The van der Waals surface area contributed by atoms with Gasteiger partial charge in [-0.15, -0.1) is 0 Å². The maximum Gasteiger partial charge on any atom is 0.308 e. The second-order valence-electron chi connectivity index (χ2n) is 10.2. The number of aryl methyl sites for hydroxylation is 1. The number of rotatable bonds is 20. The summed E-state index contributed by atoms with van der Waals surface area (Å²) in [6.45, 7) is 4.80. The lowest BCUT2D eigenvalue weighted by Crippen LogP contribution is -3.00. The van der Waals surface area contributed by atoms with Crippen LogP contribution in [-0.2, 0) is 11.3 Å². The van der Waals surface area contributed by atoms with E-state index in [0.29, 0.717) is 5.75 Å². The van der Waals surface area contributed by atoms with Crippen molar-refractivity contribution in [3.05, 3.63) is 59.9 Å². The largest absolute Gasteiger partial charge is 1.00 e. The Bertz CT molecular complexity index is 846. The molecule has 0 saturated carbocycles. The molecule has 0 amide bonds. The van der Waals surface area contributed by atoms with Crippen molar-refractivity contribution >= 4 is 18.1 Å². The lowest BCUT2D eigenvalue weighted by molar-refractivity contribution is -0.697. The van der Waals surface area contributed by atoms with Crippen LogP contribution >= 0.6 is 0 Å². The number of hydrogen-bond acceptors (Lipinski definition) is 2. The topological polar surface area (TPSA) is 30.2 Å². The molecule has 1 aromatic carbocycles. The van der Waals surface area contributed by atoms with Gasteiger partial charge in [0, 0.05) is 25.5 Å². The molecule has 0 aliphatic rings. The van der Waals surface area contributed by atoms with E-state index in [2.05, 4.69) is 48.2 Å². The number of carbonyl (C=O) groups excluding carboxylic acids is 1. The molecule has 2 aromatic rings. The highest BCUT2D eigenvalue weighted by molar-refractivity contribution is 5.71. The zero-order valence-electron chi connectivity index (χ0n) is 23.4. The summed E-state index contributed by atoms with van der Waals surface area (Å²) in [5.41, 5.74) is 2.26. The SMILES string of the molecule is CCCCCCCCCCCCCCCCCC[n+]1ccc(C=Cc2ccc(OC(C)=O)cc2)cc1.[I-]. The van der Waals surface area contributed by atoms with Gasteiger partial charge in [-0.05, 0) is 29.7 Å². The zero-order chi connectivity index (χ0) is 25.7. The van der Waals surface area contributed by atoms with E-state index in [9.17, 15) is 4.79 Å². The van der Waals surface area contributed by atoms with Crippen LogP contribution in [0.15, 0.2) is 48.8 Å². The minimum absolute atomic E-state index is 0. The second-order valence-corrected chi connectivity index (χ2v) is 10.2. The van der Waals surface area contributed by atoms with Gasteiger partial charge >= 0.3 is 5.97 Å². The molecular formula is C33H50INO2. The van der Waals surface area contributed by atoms with E-state index in [1.807, 2.05) is 24.3 Å². The number of ether oxygens (including phenoxy) is 1. The maximum atomic E-state index is 11.0. The van der Waals surface area contributed by atoms with Gasteiger partial charge in [0.2, 0.25) is 0 Å². The normalized spacial score (nSPS) is 11.0. The average molecular weight is 620 g/mol. The van der Waals surface area contributed by atoms with Crippen molar-refractivity contribution in [1.29, 1.82) is 0 Å². The number of aromatic nitrogens is 1. The summed E-state index contributed by atoms with van der Waals surface area (Å²) in [4.78, 5) is 11.0. The number of esters is 1. The third-order valence-electron chi connectivity index (χ3n) is 6.80. The minimum atomic E-state index is -0.296. The molecule has 2 rings (SSSR count). The molecule has 1 heterocycles. The van der Waals surface area contributed by atoms with Crippen LogP contribution in [-0.4, -0.2) is 5.97 Å². The Hall–Kier alpha value is -1.69. The highest BCUT2D eigenvalue weighted by atomic mass is 127. The quantitative estimate of drug-likeness (QED) is 0.0570. The van der Waals surface area contributed by atoms with Gasteiger partial charge in [-0.25, -0.2) is 4.57 Å². The maximum absolute atomic E-state index is 11.0. The van der Waals surface area contributed by atoms with Crippen LogP contribution in [0.25, 0.3) is 12.2 Å². The van der Waals surface area contributed by atoms with E-state index < -0.39 is 0 Å². The summed E-state index contributed by atoms with van der Waals surface area (Å²) < 4.78 is 7.36. The number of benzene rings is 1. The molecule has 0 spiro atoms. The number of carbonyl (C=O) groups is 1. The molecule has 0 fully saturated rings. The molecule has 0 unspecified atom stereocenters. The van der Waals surface area contributed by atoms with E-state index >= 15 is 0 Å². The molecule has 206 valence electrons. The number of halogens is 1. The summed E-state index contributed by atoms with van der Waals surface area (Å²) >= 11 is 0. The number of nitrogens with zero attached hydrogens (tertiary/aromatic N) is 1. The number of unbranched alkanes of at least 4 members (excludes halogenated alkanes) is 15. The Morgan fingerprint density at radius 2 is 1.05 bits per heavy atom. The van der Waals surface area contributed by atoms with Crippen LogP contribution in [0.4, 0.5) is 0 Å². The van der Waals surface area contributed by atoms with Gasteiger partial charge in [0.1, 0.15) is 12.3 Å². The van der Waals surface area contributed by atoms with Gasteiger partial charge in [-0.1, -0.05) is 121 Å². The first kappa shape index (κ1) is 33.3. The summed E-state index contributed by atoms with van der Waals surface area (Å²) in [5, 5.41) is 0. The van der Waals surface area contributed by atoms with Crippen LogP contribution in [0.1, 0.15) is 128 Å². The van der Waals surface area contributed by atoms with E-state index in [1.54, 1.807) is 0 Å². The molecule has 0 saturated heterocycles. The smallest absolute Gasteiger partial charge is 0.308 e. The Morgan fingerprint density at radius 1 is 0.649 bits per heavy atom. The summed E-state index contributed by atoms with van der Waals surface area (Å²) in [7, 11) is 0. The zero-order valence-corrected chi connectivity index (χ0v) is 25.6. The molecule has 0 N–H and O–H groups in total. The molecule has 0 bridgehead atoms. The molecule has 37 heavy (non-hydrogen) atoms. The van der Waals surface area contributed by atoms with Crippen molar-refractivity contribution in [2.24, 2.45) is 0 Å². The highest BCUT2D eigenvalue weighted by Gasteiger charge is 2.01. The molecule has 0 aliphatic heterocycles.